The molecule has 0 spiro atoms. The van der Waals surface area contributed by atoms with Crippen LogP contribution in [0.15, 0.2) is 49.1 Å². The summed E-state index contributed by atoms with van der Waals surface area (Å²) in [6.07, 6.45) is 1.07. The zero-order valence-corrected chi connectivity index (χ0v) is 16.0. The number of rotatable bonds is 6. The number of anilines is 2. The Balaban J connectivity index is 1.94. The molecule has 1 N–H and O–H groups in total. The summed E-state index contributed by atoms with van der Waals surface area (Å²) in [6, 6.07) is 10.2. The monoisotopic (exact) mass is 382 g/mol. The van der Waals surface area contributed by atoms with Crippen molar-refractivity contribution in [2.24, 2.45) is 0 Å². The average Bonchev–Trinajstić information content (AvgIpc) is 2.71. The van der Waals surface area contributed by atoms with Gasteiger partial charge < -0.3 is 24.4 Å². The summed E-state index contributed by atoms with van der Waals surface area (Å²) in [4.78, 5) is 26.9. The van der Waals surface area contributed by atoms with Gasteiger partial charge in [0.05, 0.1) is 19.9 Å². The fourth-order valence-corrected chi connectivity index (χ4v) is 3.07. The van der Waals surface area contributed by atoms with E-state index in [-0.39, 0.29) is 17.4 Å². The van der Waals surface area contributed by atoms with Crippen molar-refractivity contribution in [3.8, 4) is 17.2 Å². The molecule has 1 aliphatic heterocycles. The lowest BCUT2D eigenvalue weighted by Crippen LogP contribution is -2.44. The molecule has 2 amide bonds. The highest BCUT2D eigenvalue weighted by Crippen LogP contribution is 2.37. The molecular weight excluding hydrogens is 360 g/mol. The van der Waals surface area contributed by atoms with Gasteiger partial charge in [-0.05, 0) is 37.3 Å². The number of ether oxygens (including phenoxy) is 3. The summed E-state index contributed by atoms with van der Waals surface area (Å²) in [5.41, 5.74) is 1.37. The molecule has 1 aliphatic rings. The maximum Gasteiger partial charge on any atom is 0.268 e. The summed E-state index contributed by atoms with van der Waals surface area (Å²) in [6.45, 7) is 5.75. The average molecular weight is 382 g/mol. The molecule has 2 aromatic rings. The molecule has 0 bridgehead atoms. The molecule has 28 heavy (non-hydrogen) atoms. The first kappa shape index (κ1) is 19.3. The number of fused-ring (bicyclic) bond motifs is 1. The Bertz CT molecular complexity index is 903. The molecule has 0 saturated carbocycles. The van der Waals surface area contributed by atoms with Crippen molar-refractivity contribution in [1.29, 1.82) is 0 Å². The van der Waals surface area contributed by atoms with E-state index in [9.17, 15) is 9.59 Å². The van der Waals surface area contributed by atoms with Gasteiger partial charge in [0.15, 0.2) is 6.10 Å². The molecule has 0 fully saturated rings. The Hall–Kier alpha value is -3.48. The molecule has 0 radical (unpaired) electrons. The van der Waals surface area contributed by atoms with Gasteiger partial charge in [-0.1, -0.05) is 12.1 Å². The molecule has 0 aromatic heterocycles. The first-order valence-corrected chi connectivity index (χ1v) is 8.75. The minimum Gasteiger partial charge on any atom is -0.496 e. The second kappa shape index (κ2) is 8.04. The van der Waals surface area contributed by atoms with E-state index in [0.29, 0.717) is 35.2 Å². The van der Waals surface area contributed by atoms with Crippen molar-refractivity contribution in [2.75, 3.05) is 31.0 Å². The Morgan fingerprint density at radius 2 is 1.93 bits per heavy atom. The van der Waals surface area contributed by atoms with Gasteiger partial charge >= 0.3 is 0 Å². The highest BCUT2D eigenvalue weighted by molar-refractivity contribution is 6.09. The highest BCUT2D eigenvalue weighted by atomic mass is 16.5. The van der Waals surface area contributed by atoms with Gasteiger partial charge in [-0.3, -0.25) is 9.59 Å². The minimum atomic E-state index is -0.578. The van der Waals surface area contributed by atoms with Gasteiger partial charge in [0.25, 0.3) is 11.8 Å². The van der Waals surface area contributed by atoms with Gasteiger partial charge in [0.2, 0.25) is 0 Å². The normalized spacial score (nSPS) is 15.3. The third-order valence-electron chi connectivity index (χ3n) is 4.39. The second-order valence-corrected chi connectivity index (χ2v) is 6.17. The summed E-state index contributed by atoms with van der Waals surface area (Å²) in [5, 5.41) is 2.83. The van der Waals surface area contributed by atoms with Crippen LogP contribution < -0.4 is 24.4 Å². The van der Waals surface area contributed by atoms with Crippen LogP contribution in [0.4, 0.5) is 11.4 Å². The fourth-order valence-electron chi connectivity index (χ4n) is 3.07. The summed E-state index contributed by atoms with van der Waals surface area (Å²) < 4.78 is 16.2. The van der Waals surface area contributed by atoms with Crippen LogP contribution in [0.1, 0.15) is 17.3 Å². The van der Waals surface area contributed by atoms with Gasteiger partial charge in [-0.2, -0.15) is 0 Å². The zero-order chi connectivity index (χ0) is 20.3. The minimum absolute atomic E-state index is 0.165. The standard InChI is InChI=1S/C21H22N2O5/c1-5-11-23-15-12-14(9-10-16(15)28-13(2)21(23)25)22-20(24)19-17(26-3)7-6-8-18(19)27-4/h5-10,12-13H,1,11H2,2-4H3,(H,22,24). The van der Waals surface area contributed by atoms with E-state index in [1.807, 2.05) is 0 Å². The van der Waals surface area contributed by atoms with Crippen LogP contribution >= 0.6 is 0 Å². The molecule has 7 nitrogen and oxygen atoms in total. The van der Waals surface area contributed by atoms with E-state index in [4.69, 9.17) is 14.2 Å². The zero-order valence-electron chi connectivity index (χ0n) is 16.0. The maximum atomic E-state index is 12.9. The largest absolute Gasteiger partial charge is 0.496 e. The van der Waals surface area contributed by atoms with E-state index in [0.717, 1.165) is 0 Å². The predicted molar refractivity (Wildman–Crippen MR) is 107 cm³/mol. The lowest BCUT2D eigenvalue weighted by Gasteiger charge is -2.32. The summed E-state index contributed by atoms with van der Waals surface area (Å²) in [5.74, 6) is 0.816. The van der Waals surface area contributed by atoms with Crippen LogP contribution in [-0.2, 0) is 4.79 Å². The fraction of sp³-hybridized carbons (Fsp3) is 0.238. The maximum absolute atomic E-state index is 12.9. The molecular formula is C21H22N2O5. The molecule has 2 aromatic carbocycles. The van der Waals surface area contributed by atoms with Crippen molar-refractivity contribution in [3.63, 3.8) is 0 Å². The van der Waals surface area contributed by atoms with E-state index in [1.165, 1.54) is 14.2 Å². The first-order valence-electron chi connectivity index (χ1n) is 8.75. The molecule has 1 atom stereocenters. The number of carbonyl (C=O) groups excluding carboxylic acids is 2. The third kappa shape index (κ3) is 3.51. The van der Waals surface area contributed by atoms with Crippen molar-refractivity contribution in [1.82, 2.24) is 0 Å². The first-order chi connectivity index (χ1) is 13.5. The molecule has 1 heterocycles. The number of benzene rings is 2. The van der Waals surface area contributed by atoms with Crippen LogP contribution in [0.25, 0.3) is 0 Å². The lowest BCUT2D eigenvalue weighted by molar-refractivity contribution is -0.125. The van der Waals surface area contributed by atoms with Crippen molar-refractivity contribution in [3.05, 3.63) is 54.6 Å². The van der Waals surface area contributed by atoms with Gasteiger partial charge in [0.1, 0.15) is 22.8 Å². The van der Waals surface area contributed by atoms with Crippen LogP contribution in [0, 0.1) is 0 Å². The van der Waals surface area contributed by atoms with Gasteiger partial charge in [0, 0.05) is 12.2 Å². The quantitative estimate of drug-likeness (QED) is 0.776. The number of hydrogen-bond acceptors (Lipinski definition) is 5. The number of hydrogen-bond donors (Lipinski definition) is 1. The Kier molecular flexibility index (Phi) is 5.54. The lowest BCUT2D eigenvalue weighted by atomic mass is 10.1. The molecule has 0 aliphatic carbocycles. The summed E-state index contributed by atoms with van der Waals surface area (Å²) in [7, 11) is 2.98. The SMILES string of the molecule is C=CCN1C(=O)C(C)Oc2ccc(NC(=O)c3c(OC)cccc3OC)cc21. The second-order valence-electron chi connectivity index (χ2n) is 6.17. The number of nitrogens with one attached hydrogen (secondary N) is 1. The smallest absolute Gasteiger partial charge is 0.268 e. The van der Waals surface area contributed by atoms with Gasteiger partial charge in [-0.25, -0.2) is 0 Å². The van der Waals surface area contributed by atoms with E-state index < -0.39 is 6.10 Å². The Morgan fingerprint density at radius 1 is 1.25 bits per heavy atom. The molecule has 7 heteroatoms. The third-order valence-corrected chi connectivity index (χ3v) is 4.39. The van der Waals surface area contributed by atoms with E-state index in [2.05, 4.69) is 11.9 Å². The Labute approximate surface area is 163 Å². The molecule has 1 unspecified atom stereocenters. The molecule has 146 valence electrons. The van der Waals surface area contributed by atoms with Crippen LogP contribution in [0.3, 0.4) is 0 Å². The summed E-state index contributed by atoms with van der Waals surface area (Å²) >= 11 is 0. The van der Waals surface area contributed by atoms with Crippen molar-refractivity contribution >= 4 is 23.2 Å². The van der Waals surface area contributed by atoms with Gasteiger partial charge in [-0.15, -0.1) is 6.58 Å². The van der Waals surface area contributed by atoms with Crippen LogP contribution in [0.5, 0.6) is 17.2 Å². The van der Waals surface area contributed by atoms with Crippen LogP contribution in [0.2, 0.25) is 0 Å². The predicted octanol–water partition coefficient (Wildman–Crippen LogP) is 3.26. The highest BCUT2D eigenvalue weighted by Gasteiger charge is 2.31. The van der Waals surface area contributed by atoms with Crippen molar-refractivity contribution < 1.29 is 23.8 Å². The Morgan fingerprint density at radius 3 is 2.54 bits per heavy atom. The number of carbonyl (C=O) groups is 2. The number of methoxy groups -OCH3 is 2. The van der Waals surface area contributed by atoms with Crippen LogP contribution in [-0.4, -0.2) is 38.7 Å². The topological polar surface area (TPSA) is 77.1 Å². The molecule has 3 rings (SSSR count). The van der Waals surface area contributed by atoms with E-state index in [1.54, 1.807) is 54.3 Å². The number of nitrogens with zero attached hydrogens (tertiary/aromatic N) is 1. The van der Waals surface area contributed by atoms with E-state index >= 15 is 0 Å². The number of amides is 2. The molecule has 0 saturated heterocycles. The van der Waals surface area contributed by atoms with Crippen molar-refractivity contribution in [2.45, 2.75) is 13.0 Å².